The third-order valence-corrected chi connectivity index (χ3v) is 1.34. The number of pyridine rings is 1. The van der Waals surface area contributed by atoms with Gasteiger partial charge in [0, 0.05) is 9.77 Å². The molecule has 0 aliphatic heterocycles. The van der Waals surface area contributed by atoms with Crippen molar-refractivity contribution < 1.29 is 34.7 Å². The number of nitrogens with zero attached hydrogens (tertiary/aromatic N) is 1. The predicted molar refractivity (Wildman–Crippen MR) is 36.4 cm³/mol. The van der Waals surface area contributed by atoms with Gasteiger partial charge in [-0.3, -0.25) is 4.98 Å². The van der Waals surface area contributed by atoms with Crippen molar-refractivity contribution in [2.45, 2.75) is 0 Å². The van der Waals surface area contributed by atoms with Crippen LogP contribution in [0.15, 0.2) is 18.3 Å². The number of rotatable bonds is 0. The monoisotopic (exact) mass is 243 g/mol. The number of hydrogen-bond acceptors (Lipinski definition) is 2. The predicted octanol–water partition coefficient (Wildman–Crippen LogP) is -2.24. The first-order valence-corrected chi connectivity index (χ1v) is 3.15. The summed E-state index contributed by atoms with van der Waals surface area (Å²) < 4.78 is 0.988. The molecule has 0 aromatic carbocycles. The molecule has 2 nitrogen and oxygen atoms in total. The van der Waals surface area contributed by atoms with Crippen molar-refractivity contribution in [1.29, 1.82) is 0 Å². The van der Waals surface area contributed by atoms with E-state index in [4.69, 9.17) is 0 Å². The molecule has 0 N–H and O–H groups in total. The maximum Gasteiger partial charge on any atom is 1.00 e. The van der Waals surface area contributed by atoms with E-state index in [1.165, 1.54) is 6.07 Å². The summed E-state index contributed by atoms with van der Waals surface area (Å²) in [5.74, 6) is -0.176. The van der Waals surface area contributed by atoms with Crippen LogP contribution in [0.1, 0.15) is 0 Å². The Morgan fingerprint density at radius 2 is 2.11 bits per heavy atom. The van der Waals surface area contributed by atoms with Gasteiger partial charge in [-0.25, -0.2) is 0 Å². The van der Waals surface area contributed by atoms with Crippen molar-refractivity contribution in [3.63, 3.8) is 0 Å². The average Bonchev–Trinajstić information content (AvgIpc) is 1.77. The Balaban J connectivity index is 0.000000640. The molecule has 0 radical (unpaired) electrons. The van der Waals surface area contributed by atoms with Crippen LogP contribution < -0.4 is 34.7 Å². The minimum Gasteiger partial charge on any atom is -0.859 e. The third kappa shape index (κ3) is 3.40. The first kappa shape index (κ1) is 9.68. The van der Waals surface area contributed by atoms with Crippen molar-refractivity contribution in [3.8, 4) is 5.88 Å². The summed E-state index contributed by atoms with van der Waals surface area (Å²) in [5.41, 5.74) is 0. The summed E-state index contributed by atoms with van der Waals surface area (Å²) in [6.45, 7) is 0. The molecule has 42 valence electrons. The van der Waals surface area contributed by atoms with Gasteiger partial charge in [-0.15, -0.1) is 0 Å². The van der Waals surface area contributed by atoms with Crippen molar-refractivity contribution in [2.75, 3.05) is 0 Å². The van der Waals surface area contributed by atoms with E-state index in [1.54, 1.807) is 12.3 Å². The van der Waals surface area contributed by atoms with Gasteiger partial charge in [0.1, 0.15) is 0 Å². The topological polar surface area (TPSA) is 36.0 Å². The van der Waals surface area contributed by atoms with Gasteiger partial charge in [0.2, 0.25) is 0 Å². The van der Waals surface area contributed by atoms with Crippen molar-refractivity contribution in [2.24, 2.45) is 0 Å². The minimum absolute atomic E-state index is 0. The van der Waals surface area contributed by atoms with Crippen LogP contribution in [0.4, 0.5) is 0 Å². The number of hydrogen-bond donors (Lipinski definition) is 0. The number of aromatic nitrogens is 1. The molecule has 9 heavy (non-hydrogen) atoms. The van der Waals surface area contributed by atoms with E-state index >= 15 is 0 Å². The molecule has 1 aromatic heterocycles. The van der Waals surface area contributed by atoms with Crippen LogP contribution in [0, 0.1) is 3.57 Å². The molecule has 4 heteroatoms. The van der Waals surface area contributed by atoms with Gasteiger partial charge in [-0.2, -0.15) is 0 Å². The minimum atomic E-state index is -0.176. The summed E-state index contributed by atoms with van der Waals surface area (Å²) >= 11 is 2.10. The smallest absolute Gasteiger partial charge is 0.859 e. The molecular formula is C5H3INNaO. The van der Waals surface area contributed by atoms with Crippen LogP contribution in [-0.2, 0) is 0 Å². The molecule has 0 fully saturated rings. The van der Waals surface area contributed by atoms with E-state index < -0.39 is 0 Å². The molecule has 0 atom stereocenters. The molecule has 1 aromatic rings. The Kier molecular flexibility index (Phi) is 4.83. The van der Waals surface area contributed by atoms with Gasteiger partial charge in [-0.05, 0) is 34.5 Å². The normalized spacial score (nSPS) is 8.11. The molecule has 0 unspecified atom stereocenters. The van der Waals surface area contributed by atoms with E-state index in [0.717, 1.165) is 3.57 Å². The van der Waals surface area contributed by atoms with Gasteiger partial charge in [-0.1, -0.05) is 6.07 Å². The zero-order valence-corrected chi connectivity index (χ0v) is 9.12. The maximum atomic E-state index is 10.3. The van der Waals surface area contributed by atoms with Crippen molar-refractivity contribution in [1.82, 2.24) is 4.98 Å². The fourth-order valence-corrected chi connectivity index (χ4v) is 0.681. The molecule has 0 aliphatic rings. The summed E-state index contributed by atoms with van der Waals surface area (Å²) in [6.07, 6.45) is 1.54. The Morgan fingerprint density at radius 1 is 1.44 bits per heavy atom. The second-order valence-electron chi connectivity index (χ2n) is 1.31. The Morgan fingerprint density at radius 3 is 2.44 bits per heavy atom. The second-order valence-corrected chi connectivity index (χ2v) is 2.56. The molecule has 0 saturated carbocycles. The first-order chi connectivity index (χ1) is 3.79. The van der Waals surface area contributed by atoms with Gasteiger partial charge in [0.15, 0.2) is 0 Å². The van der Waals surface area contributed by atoms with E-state index in [9.17, 15) is 5.11 Å². The van der Waals surface area contributed by atoms with Gasteiger partial charge in [0.05, 0.1) is 0 Å². The van der Waals surface area contributed by atoms with E-state index in [2.05, 4.69) is 27.6 Å². The molecule has 0 amide bonds. The first-order valence-electron chi connectivity index (χ1n) is 2.07. The zero-order valence-electron chi connectivity index (χ0n) is 4.97. The largest absolute Gasteiger partial charge is 1.00 e. The van der Waals surface area contributed by atoms with E-state index in [-0.39, 0.29) is 35.4 Å². The summed E-state index contributed by atoms with van der Waals surface area (Å²) in [5, 5.41) is 10.3. The fraction of sp³-hybridized carbons (Fsp3) is 0. The molecular weight excluding hydrogens is 240 g/mol. The standard InChI is InChI=1S/C5H4INO.Na/c6-4-1-2-5(8)7-3-4;/h1-3H,(H,7,8);/q;+1/p-1. The van der Waals surface area contributed by atoms with Crippen LogP contribution in [-0.4, -0.2) is 4.98 Å². The van der Waals surface area contributed by atoms with Crippen LogP contribution in [0.3, 0.4) is 0 Å². The maximum absolute atomic E-state index is 10.3. The zero-order chi connectivity index (χ0) is 5.98. The van der Waals surface area contributed by atoms with Gasteiger partial charge >= 0.3 is 29.6 Å². The third-order valence-electron chi connectivity index (χ3n) is 0.700. The Hall–Kier alpha value is 0.680. The summed E-state index contributed by atoms with van der Waals surface area (Å²) in [7, 11) is 0. The van der Waals surface area contributed by atoms with E-state index in [0.29, 0.717) is 0 Å². The molecule has 1 heterocycles. The van der Waals surface area contributed by atoms with Crippen molar-refractivity contribution >= 4 is 22.6 Å². The summed E-state index contributed by atoms with van der Waals surface area (Å²) in [6, 6.07) is 3.18. The molecule has 0 bridgehead atoms. The van der Waals surface area contributed by atoms with Crippen LogP contribution >= 0.6 is 22.6 Å². The van der Waals surface area contributed by atoms with E-state index in [1.807, 2.05) is 0 Å². The Labute approximate surface area is 89.1 Å². The molecule has 1 rings (SSSR count). The summed E-state index contributed by atoms with van der Waals surface area (Å²) in [4.78, 5) is 3.52. The van der Waals surface area contributed by atoms with Gasteiger partial charge in [0.25, 0.3) is 0 Å². The SMILES string of the molecule is [Na+].[O-]c1ccc(I)cn1. The molecule has 0 saturated heterocycles. The van der Waals surface area contributed by atoms with Crippen LogP contribution in [0.25, 0.3) is 0 Å². The molecule has 0 spiro atoms. The van der Waals surface area contributed by atoms with Gasteiger partial charge < -0.3 is 5.11 Å². The quantitative estimate of drug-likeness (QED) is 0.381. The van der Waals surface area contributed by atoms with Crippen LogP contribution in [0.2, 0.25) is 0 Å². The van der Waals surface area contributed by atoms with Crippen LogP contribution in [0.5, 0.6) is 5.88 Å². The fourth-order valence-electron chi connectivity index (χ4n) is 0.362. The molecule has 0 aliphatic carbocycles. The second kappa shape index (κ2) is 4.49. The van der Waals surface area contributed by atoms with Crippen molar-refractivity contribution in [3.05, 3.63) is 21.9 Å². The number of halogens is 1. The average molecular weight is 243 g/mol. The Bertz CT molecular complexity index is 156.